The largest absolute Gasteiger partial charge is 0.483 e. The summed E-state index contributed by atoms with van der Waals surface area (Å²) in [5, 5.41) is 3.61. The van der Waals surface area contributed by atoms with E-state index in [9.17, 15) is 4.79 Å². The van der Waals surface area contributed by atoms with E-state index in [-0.39, 0.29) is 17.9 Å². The molecular weight excluding hydrogens is 448 g/mol. The first-order valence-electron chi connectivity index (χ1n) is 7.45. The quantitative estimate of drug-likeness (QED) is 0.509. The number of benzene rings is 2. The van der Waals surface area contributed by atoms with Gasteiger partial charge in [0.25, 0.3) is 5.91 Å². The molecule has 0 saturated heterocycles. The van der Waals surface area contributed by atoms with Crippen LogP contribution in [0, 0.1) is 0 Å². The first-order chi connectivity index (χ1) is 11.6. The Morgan fingerprint density at radius 3 is 2.36 bits per heavy atom. The normalized spacial score (nSPS) is 11.3. The second-order valence-corrected chi connectivity index (χ2v) is 8.61. The van der Waals surface area contributed by atoms with E-state index in [1.807, 2.05) is 18.2 Å². The lowest BCUT2D eigenvalue weighted by atomic mass is 9.86. The molecule has 1 N–H and O–H groups in total. The highest BCUT2D eigenvalue weighted by Crippen LogP contribution is 2.34. The fraction of sp³-hybridized carbons (Fsp3) is 0.278. The molecule has 134 valence electrons. The Kier molecular flexibility index (Phi) is 6.66. The van der Waals surface area contributed by atoms with Gasteiger partial charge in [-0.15, -0.1) is 0 Å². The molecule has 1 amide bonds. The zero-order valence-corrected chi connectivity index (χ0v) is 17.8. The van der Waals surface area contributed by atoms with Crippen molar-refractivity contribution in [3.05, 3.63) is 55.4 Å². The molecule has 0 heterocycles. The van der Waals surface area contributed by atoms with Crippen LogP contribution in [0.15, 0.2) is 34.8 Å². The van der Waals surface area contributed by atoms with E-state index in [1.165, 1.54) is 12.1 Å². The lowest BCUT2D eigenvalue weighted by Crippen LogP contribution is -2.22. The molecule has 0 fully saturated rings. The molecule has 25 heavy (non-hydrogen) atoms. The SMILES string of the molecule is CC(C)(C)c1cc(Br)ccc1OCC(=O)Nc1cc(Cl)c(Cl)cc1Cl. The second-order valence-electron chi connectivity index (χ2n) is 6.47. The summed E-state index contributed by atoms with van der Waals surface area (Å²) in [4.78, 5) is 12.2. The third kappa shape index (κ3) is 5.52. The van der Waals surface area contributed by atoms with Crippen molar-refractivity contribution in [3.8, 4) is 5.75 Å². The molecule has 0 radical (unpaired) electrons. The molecule has 0 saturated carbocycles. The van der Waals surface area contributed by atoms with Crippen molar-refractivity contribution in [1.29, 1.82) is 0 Å². The number of nitrogens with one attached hydrogen (secondary N) is 1. The van der Waals surface area contributed by atoms with E-state index in [4.69, 9.17) is 39.5 Å². The van der Waals surface area contributed by atoms with Gasteiger partial charge in [0.05, 0.1) is 20.8 Å². The van der Waals surface area contributed by atoms with Crippen molar-refractivity contribution in [3.63, 3.8) is 0 Å². The Morgan fingerprint density at radius 2 is 1.72 bits per heavy atom. The van der Waals surface area contributed by atoms with E-state index in [1.54, 1.807) is 0 Å². The van der Waals surface area contributed by atoms with Crippen LogP contribution in [0.25, 0.3) is 0 Å². The van der Waals surface area contributed by atoms with Gasteiger partial charge in [-0.25, -0.2) is 0 Å². The van der Waals surface area contributed by atoms with Crippen LogP contribution in [0.3, 0.4) is 0 Å². The summed E-state index contributed by atoms with van der Waals surface area (Å²) in [6, 6.07) is 8.68. The van der Waals surface area contributed by atoms with Crippen LogP contribution < -0.4 is 10.1 Å². The number of hydrogen-bond acceptors (Lipinski definition) is 2. The van der Waals surface area contributed by atoms with Crippen molar-refractivity contribution in [2.75, 3.05) is 11.9 Å². The van der Waals surface area contributed by atoms with Crippen molar-refractivity contribution >= 4 is 62.3 Å². The molecule has 0 spiro atoms. The number of amides is 1. The zero-order chi connectivity index (χ0) is 18.8. The minimum atomic E-state index is -0.344. The lowest BCUT2D eigenvalue weighted by Gasteiger charge is -2.23. The van der Waals surface area contributed by atoms with Gasteiger partial charge in [0.1, 0.15) is 5.75 Å². The Morgan fingerprint density at radius 1 is 1.08 bits per heavy atom. The molecule has 2 aromatic rings. The monoisotopic (exact) mass is 463 g/mol. The van der Waals surface area contributed by atoms with Crippen molar-refractivity contribution < 1.29 is 9.53 Å². The van der Waals surface area contributed by atoms with Gasteiger partial charge in [0.2, 0.25) is 0 Å². The van der Waals surface area contributed by atoms with Crippen LogP contribution in [-0.4, -0.2) is 12.5 Å². The lowest BCUT2D eigenvalue weighted by molar-refractivity contribution is -0.118. The second kappa shape index (κ2) is 8.17. The maximum Gasteiger partial charge on any atom is 0.262 e. The van der Waals surface area contributed by atoms with Crippen LogP contribution in [0.1, 0.15) is 26.3 Å². The first kappa shape index (κ1) is 20.4. The fourth-order valence-corrected chi connectivity index (χ4v) is 3.12. The maximum atomic E-state index is 12.2. The van der Waals surface area contributed by atoms with Crippen LogP contribution >= 0.6 is 50.7 Å². The molecular formula is C18H17BrCl3NO2. The van der Waals surface area contributed by atoms with E-state index >= 15 is 0 Å². The average Bonchev–Trinajstić information content (AvgIpc) is 2.50. The van der Waals surface area contributed by atoms with E-state index in [0.717, 1.165) is 10.0 Å². The molecule has 0 bridgehead atoms. The third-order valence-electron chi connectivity index (χ3n) is 3.39. The highest BCUT2D eigenvalue weighted by Gasteiger charge is 2.20. The third-order valence-corrected chi connectivity index (χ3v) is 4.92. The summed E-state index contributed by atoms with van der Waals surface area (Å²) in [6.07, 6.45) is 0. The standard InChI is InChI=1S/C18H17BrCl3NO2/c1-18(2,3)11-6-10(19)4-5-16(11)25-9-17(24)23-15-8-13(21)12(20)7-14(15)22/h4-8H,9H2,1-3H3,(H,23,24). The van der Waals surface area contributed by atoms with E-state index in [0.29, 0.717) is 26.5 Å². The van der Waals surface area contributed by atoms with Crippen LogP contribution in [-0.2, 0) is 10.2 Å². The van der Waals surface area contributed by atoms with Crippen molar-refractivity contribution in [2.45, 2.75) is 26.2 Å². The number of rotatable bonds is 4. The first-order valence-corrected chi connectivity index (χ1v) is 9.38. The smallest absolute Gasteiger partial charge is 0.262 e. The molecule has 2 aromatic carbocycles. The summed E-state index contributed by atoms with van der Waals surface area (Å²) in [6.45, 7) is 6.09. The Hall–Kier alpha value is -0.940. The van der Waals surface area contributed by atoms with Gasteiger partial charge < -0.3 is 10.1 Å². The zero-order valence-electron chi connectivity index (χ0n) is 13.9. The Labute approximate surface area is 170 Å². The van der Waals surface area contributed by atoms with Gasteiger partial charge in [0, 0.05) is 10.0 Å². The number of hydrogen-bond donors (Lipinski definition) is 1. The summed E-state index contributed by atoms with van der Waals surface area (Å²) in [5.41, 5.74) is 1.27. The summed E-state index contributed by atoms with van der Waals surface area (Å²) >= 11 is 21.4. The van der Waals surface area contributed by atoms with Crippen LogP contribution in [0.5, 0.6) is 5.75 Å². The van der Waals surface area contributed by atoms with Crippen molar-refractivity contribution in [1.82, 2.24) is 0 Å². The molecule has 0 aliphatic heterocycles. The van der Waals surface area contributed by atoms with Gasteiger partial charge in [-0.3, -0.25) is 4.79 Å². The molecule has 0 aliphatic carbocycles. The highest BCUT2D eigenvalue weighted by molar-refractivity contribution is 9.10. The van der Waals surface area contributed by atoms with E-state index < -0.39 is 0 Å². The highest BCUT2D eigenvalue weighted by atomic mass is 79.9. The summed E-state index contributed by atoms with van der Waals surface area (Å²) in [7, 11) is 0. The number of halogens is 4. The molecule has 0 aromatic heterocycles. The van der Waals surface area contributed by atoms with Gasteiger partial charge >= 0.3 is 0 Å². The molecule has 2 rings (SSSR count). The number of carbonyl (C=O) groups is 1. The van der Waals surface area contributed by atoms with Gasteiger partial charge in [-0.05, 0) is 35.7 Å². The predicted octanol–water partition coefficient (Wildman–Crippen LogP) is 6.72. The molecule has 0 atom stereocenters. The fourth-order valence-electron chi connectivity index (χ4n) is 2.16. The molecule has 7 heteroatoms. The summed E-state index contributed by atoms with van der Waals surface area (Å²) in [5.74, 6) is 0.314. The summed E-state index contributed by atoms with van der Waals surface area (Å²) < 4.78 is 6.67. The van der Waals surface area contributed by atoms with Crippen molar-refractivity contribution in [2.24, 2.45) is 0 Å². The van der Waals surface area contributed by atoms with Crippen LogP contribution in [0.2, 0.25) is 15.1 Å². The molecule has 0 unspecified atom stereocenters. The van der Waals surface area contributed by atoms with Crippen LogP contribution in [0.4, 0.5) is 5.69 Å². The Balaban J connectivity index is 2.10. The number of carbonyl (C=O) groups excluding carboxylic acids is 1. The minimum absolute atomic E-state index is 0.122. The van der Waals surface area contributed by atoms with Gasteiger partial charge in [0.15, 0.2) is 6.61 Å². The minimum Gasteiger partial charge on any atom is -0.483 e. The number of anilines is 1. The Bertz CT molecular complexity index is 804. The predicted molar refractivity (Wildman–Crippen MR) is 108 cm³/mol. The maximum absolute atomic E-state index is 12.2. The molecule has 0 aliphatic rings. The topological polar surface area (TPSA) is 38.3 Å². The number of ether oxygens (including phenoxy) is 1. The van der Waals surface area contributed by atoms with Gasteiger partial charge in [-0.2, -0.15) is 0 Å². The van der Waals surface area contributed by atoms with Gasteiger partial charge in [-0.1, -0.05) is 71.5 Å². The average molecular weight is 466 g/mol. The van der Waals surface area contributed by atoms with E-state index in [2.05, 4.69) is 42.0 Å². The molecule has 3 nitrogen and oxygen atoms in total.